The van der Waals surface area contributed by atoms with Crippen molar-refractivity contribution in [2.75, 3.05) is 22.9 Å². The number of nitrogen functional groups attached to an aromatic ring is 1. The molecule has 0 spiro atoms. The molecule has 1 aliphatic rings. The molecule has 1 aromatic rings. The summed E-state index contributed by atoms with van der Waals surface area (Å²) in [7, 11) is 0. The van der Waals surface area contributed by atoms with E-state index in [2.05, 4.69) is 4.98 Å². The number of hydrogen-bond acceptors (Lipinski definition) is 5. The zero-order valence-electron chi connectivity index (χ0n) is 10.4. The second-order valence-corrected chi connectivity index (χ2v) is 5.97. The fourth-order valence-corrected chi connectivity index (χ4v) is 3.02. The molecule has 1 atom stereocenters. The lowest BCUT2D eigenvalue weighted by Gasteiger charge is -2.19. The summed E-state index contributed by atoms with van der Waals surface area (Å²) in [6.45, 7) is 2.05. The molecule has 1 saturated heterocycles. The first kappa shape index (κ1) is 14.1. The number of halogens is 1. The number of nitrogens with two attached hydrogens (primary N) is 1. The van der Waals surface area contributed by atoms with Gasteiger partial charge in [0.15, 0.2) is 10.3 Å². The lowest BCUT2D eigenvalue weighted by atomic mass is 10.1. The highest BCUT2D eigenvalue weighted by atomic mass is 35.5. The summed E-state index contributed by atoms with van der Waals surface area (Å²) >= 11 is 7.24. The van der Waals surface area contributed by atoms with Crippen LogP contribution >= 0.6 is 23.4 Å². The van der Waals surface area contributed by atoms with E-state index < -0.39 is 0 Å². The molecule has 1 fully saturated rings. The first-order valence-electron chi connectivity index (χ1n) is 5.82. The summed E-state index contributed by atoms with van der Waals surface area (Å²) in [5.74, 6) is 0.739. The first-order chi connectivity index (χ1) is 8.99. The van der Waals surface area contributed by atoms with Crippen LogP contribution in [0.3, 0.4) is 0 Å². The summed E-state index contributed by atoms with van der Waals surface area (Å²) in [5.41, 5.74) is 6.77. The zero-order valence-corrected chi connectivity index (χ0v) is 12.0. The van der Waals surface area contributed by atoms with Gasteiger partial charge in [-0.15, -0.1) is 0 Å². The average molecular weight is 300 g/mol. The quantitative estimate of drug-likeness (QED) is 0.863. The Kier molecular flexibility index (Phi) is 4.31. The van der Waals surface area contributed by atoms with Crippen molar-refractivity contribution in [2.24, 2.45) is 5.92 Å². The Hall–Kier alpha value is -1.27. The van der Waals surface area contributed by atoms with Crippen molar-refractivity contribution in [3.8, 4) is 0 Å². The van der Waals surface area contributed by atoms with Crippen molar-refractivity contribution < 1.29 is 9.59 Å². The Balaban J connectivity index is 2.14. The molecular formula is C12H14ClN3O2S. The van der Waals surface area contributed by atoms with Gasteiger partial charge in [0.25, 0.3) is 0 Å². The highest BCUT2D eigenvalue weighted by molar-refractivity contribution is 8.13. The van der Waals surface area contributed by atoms with Crippen LogP contribution in [0.5, 0.6) is 0 Å². The summed E-state index contributed by atoms with van der Waals surface area (Å²) in [6.07, 6.45) is 1.91. The highest BCUT2D eigenvalue weighted by Gasteiger charge is 2.33. The number of carbonyl (C=O) groups excluding carboxylic acids is 2. The van der Waals surface area contributed by atoms with E-state index in [9.17, 15) is 9.59 Å². The summed E-state index contributed by atoms with van der Waals surface area (Å²) in [5, 5.41) is 0.290. The van der Waals surface area contributed by atoms with Gasteiger partial charge in [-0.3, -0.25) is 9.59 Å². The molecule has 102 valence electrons. The van der Waals surface area contributed by atoms with Gasteiger partial charge in [0.1, 0.15) is 5.69 Å². The minimum atomic E-state index is -0.0317. The van der Waals surface area contributed by atoms with Gasteiger partial charge in [0.2, 0.25) is 5.91 Å². The molecule has 0 aliphatic carbocycles. The van der Waals surface area contributed by atoms with E-state index in [4.69, 9.17) is 17.3 Å². The minimum absolute atomic E-state index is 0.0317. The third-order valence-electron chi connectivity index (χ3n) is 2.91. The van der Waals surface area contributed by atoms with E-state index in [0.717, 1.165) is 0 Å². The van der Waals surface area contributed by atoms with Crippen LogP contribution in [0, 0.1) is 5.92 Å². The van der Waals surface area contributed by atoms with Gasteiger partial charge in [0.05, 0.1) is 5.69 Å². The molecule has 2 heterocycles. The number of thioether (sulfide) groups is 1. The van der Waals surface area contributed by atoms with Crippen molar-refractivity contribution >= 4 is 45.8 Å². The standard InChI is InChI=1S/C12H14ClN3O2S/c1-7(17)19-6-8-4-10(18)16(5-8)11-9(14)2-3-15-12(11)13/h2-3,8H,4-6H2,1H3,(H2,14,15). The van der Waals surface area contributed by atoms with Crippen LogP contribution in [0.15, 0.2) is 12.3 Å². The Labute approximate surface area is 120 Å². The number of aromatic nitrogens is 1. The molecule has 7 heteroatoms. The first-order valence-corrected chi connectivity index (χ1v) is 7.19. The molecule has 1 unspecified atom stereocenters. The summed E-state index contributed by atoms with van der Waals surface area (Å²) in [6, 6.07) is 1.62. The fourth-order valence-electron chi connectivity index (χ4n) is 2.05. The SMILES string of the molecule is CC(=O)SCC1CC(=O)N(c2c(N)ccnc2Cl)C1. The maximum atomic E-state index is 12.0. The number of pyridine rings is 1. The number of amides is 1. The van der Waals surface area contributed by atoms with Gasteiger partial charge < -0.3 is 10.6 Å². The van der Waals surface area contributed by atoms with Crippen LogP contribution in [-0.4, -0.2) is 28.3 Å². The summed E-state index contributed by atoms with van der Waals surface area (Å²) in [4.78, 5) is 28.5. The predicted octanol–water partition coefficient (Wildman–Crippen LogP) is 1.95. The number of nitrogens with zero attached hydrogens (tertiary/aromatic N) is 2. The monoisotopic (exact) mass is 299 g/mol. The molecule has 0 radical (unpaired) electrons. The molecule has 1 amide bonds. The van der Waals surface area contributed by atoms with Gasteiger partial charge in [0, 0.05) is 31.8 Å². The molecule has 0 saturated carbocycles. The maximum absolute atomic E-state index is 12.0. The smallest absolute Gasteiger partial charge is 0.227 e. The van der Waals surface area contributed by atoms with E-state index in [1.165, 1.54) is 24.9 Å². The van der Waals surface area contributed by atoms with Crippen molar-refractivity contribution in [3.63, 3.8) is 0 Å². The van der Waals surface area contributed by atoms with Crippen LogP contribution in [0.4, 0.5) is 11.4 Å². The molecule has 19 heavy (non-hydrogen) atoms. The van der Waals surface area contributed by atoms with Crippen molar-refractivity contribution in [1.82, 2.24) is 4.98 Å². The number of anilines is 2. The zero-order chi connectivity index (χ0) is 14.0. The Morgan fingerprint density at radius 3 is 3.05 bits per heavy atom. The van der Waals surface area contributed by atoms with Crippen molar-refractivity contribution in [2.45, 2.75) is 13.3 Å². The minimum Gasteiger partial charge on any atom is -0.397 e. The molecule has 2 rings (SSSR count). The van der Waals surface area contributed by atoms with E-state index in [1.54, 1.807) is 11.0 Å². The molecule has 0 bridgehead atoms. The van der Waals surface area contributed by atoms with E-state index in [0.29, 0.717) is 30.1 Å². The van der Waals surface area contributed by atoms with Crippen molar-refractivity contribution in [1.29, 1.82) is 0 Å². The Morgan fingerprint density at radius 2 is 2.42 bits per heavy atom. The van der Waals surface area contributed by atoms with Gasteiger partial charge >= 0.3 is 0 Å². The molecule has 5 nitrogen and oxygen atoms in total. The predicted molar refractivity (Wildman–Crippen MR) is 77.3 cm³/mol. The second kappa shape index (κ2) is 5.79. The van der Waals surface area contributed by atoms with Gasteiger partial charge in [-0.25, -0.2) is 4.98 Å². The van der Waals surface area contributed by atoms with Crippen LogP contribution in [-0.2, 0) is 9.59 Å². The normalized spacial score (nSPS) is 18.9. The summed E-state index contributed by atoms with van der Waals surface area (Å²) < 4.78 is 0. The molecular weight excluding hydrogens is 286 g/mol. The lowest BCUT2D eigenvalue weighted by molar-refractivity contribution is -0.117. The third-order valence-corrected chi connectivity index (χ3v) is 4.23. The molecule has 1 aromatic heterocycles. The van der Waals surface area contributed by atoms with Crippen LogP contribution in [0.1, 0.15) is 13.3 Å². The molecule has 0 aromatic carbocycles. The Bertz CT molecular complexity index is 503. The van der Waals surface area contributed by atoms with E-state index >= 15 is 0 Å². The van der Waals surface area contributed by atoms with Gasteiger partial charge in [-0.05, 0) is 12.0 Å². The van der Waals surface area contributed by atoms with Crippen LogP contribution in [0.2, 0.25) is 5.15 Å². The van der Waals surface area contributed by atoms with Gasteiger partial charge in [-0.1, -0.05) is 23.4 Å². The topological polar surface area (TPSA) is 76.3 Å². The molecule has 1 aliphatic heterocycles. The second-order valence-electron chi connectivity index (χ2n) is 4.42. The number of rotatable bonds is 3. The van der Waals surface area contributed by atoms with Crippen LogP contribution in [0.25, 0.3) is 0 Å². The number of carbonyl (C=O) groups is 2. The average Bonchev–Trinajstić information content (AvgIpc) is 2.68. The third kappa shape index (κ3) is 3.19. The van der Waals surface area contributed by atoms with Crippen LogP contribution < -0.4 is 10.6 Å². The van der Waals surface area contributed by atoms with Crippen molar-refractivity contribution in [3.05, 3.63) is 17.4 Å². The maximum Gasteiger partial charge on any atom is 0.227 e. The molecule has 2 N–H and O–H groups in total. The fraction of sp³-hybridized carbons (Fsp3) is 0.417. The largest absolute Gasteiger partial charge is 0.397 e. The Morgan fingerprint density at radius 1 is 1.68 bits per heavy atom. The lowest BCUT2D eigenvalue weighted by Crippen LogP contribution is -2.26. The van der Waals surface area contributed by atoms with E-state index in [1.807, 2.05) is 0 Å². The number of hydrogen-bond donors (Lipinski definition) is 1. The van der Waals surface area contributed by atoms with Gasteiger partial charge in [-0.2, -0.15) is 0 Å². The highest BCUT2D eigenvalue weighted by Crippen LogP contribution is 2.35. The van der Waals surface area contributed by atoms with E-state index in [-0.39, 0.29) is 22.1 Å².